The van der Waals surface area contributed by atoms with Gasteiger partial charge in [0.25, 0.3) is 11.5 Å². The van der Waals surface area contributed by atoms with E-state index in [1.54, 1.807) is 13.1 Å². The fourth-order valence-electron chi connectivity index (χ4n) is 3.58. The molecule has 2 saturated heterocycles. The van der Waals surface area contributed by atoms with Crippen LogP contribution in [-0.2, 0) is 16.1 Å². The summed E-state index contributed by atoms with van der Waals surface area (Å²) in [5.74, 6) is -0.696. The van der Waals surface area contributed by atoms with Gasteiger partial charge in [-0.05, 0) is 32.4 Å². The second kappa shape index (κ2) is 6.34. The van der Waals surface area contributed by atoms with E-state index in [1.165, 1.54) is 20.4 Å². The van der Waals surface area contributed by atoms with Crippen LogP contribution >= 0.6 is 0 Å². The van der Waals surface area contributed by atoms with Crippen molar-refractivity contribution in [3.05, 3.63) is 33.7 Å². The van der Waals surface area contributed by atoms with Crippen molar-refractivity contribution in [1.82, 2.24) is 19.7 Å². The Kier molecular flexibility index (Phi) is 4.36. The number of rotatable bonds is 3. The zero-order chi connectivity index (χ0) is 18.3. The van der Waals surface area contributed by atoms with Crippen LogP contribution in [0, 0.1) is 6.92 Å². The standard InChI is InChI=1S/C17H22N4O4/c1-4-20-10(2)5-6-12(16(20)24)15(23)18-11-7-13-17(25)19(3)9-14(22)21(13)8-11/h5-6,11,13H,4,7-9H2,1-3H3,(H,18,23)/t11-,13-/m0/s1. The molecule has 3 rings (SSSR count). The Morgan fingerprint density at radius 3 is 2.68 bits per heavy atom. The van der Waals surface area contributed by atoms with Crippen LogP contribution in [0.4, 0.5) is 0 Å². The van der Waals surface area contributed by atoms with Gasteiger partial charge in [0.15, 0.2) is 0 Å². The lowest BCUT2D eigenvalue weighted by Gasteiger charge is -2.33. The number of likely N-dealkylation sites (N-methyl/N-ethyl adjacent to an activating group) is 1. The molecule has 1 aromatic heterocycles. The molecule has 8 heteroatoms. The maximum atomic E-state index is 12.5. The summed E-state index contributed by atoms with van der Waals surface area (Å²) < 4.78 is 1.54. The molecule has 2 atom stereocenters. The van der Waals surface area contributed by atoms with Crippen LogP contribution in [0.2, 0.25) is 0 Å². The van der Waals surface area contributed by atoms with E-state index in [0.717, 1.165) is 5.69 Å². The number of aromatic nitrogens is 1. The number of fused-ring (bicyclic) bond motifs is 1. The second-order valence-corrected chi connectivity index (χ2v) is 6.60. The number of amides is 3. The van der Waals surface area contributed by atoms with Gasteiger partial charge >= 0.3 is 0 Å². The Bertz CT molecular complexity index is 800. The van der Waals surface area contributed by atoms with E-state index < -0.39 is 11.9 Å². The van der Waals surface area contributed by atoms with Crippen LogP contribution in [-0.4, -0.2) is 64.3 Å². The number of hydrogen-bond acceptors (Lipinski definition) is 4. The lowest BCUT2D eigenvalue weighted by Crippen LogP contribution is -2.55. The molecule has 0 radical (unpaired) electrons. The SMILES string of the molecule is CCn1c(C)ccc(C(=O)N[C@H]2C[C@H]3C(=O)N(C)CC(=O)N3C2)c1=O. The van der Waals surface area contributed by atoms with Crippen molar-refractivity contribution in [2.45, 2.75) is 38.9 Å². The quantitative estimate of drug-likeness (QED) is 0.787. The molecule has 1 aromatic rings. The van der Waals surface area contributed by atoms with Crippen LogP contribution in [0.5, 0.6) is 0 Å². The highest BCUT2D eigenvalue weighted by atomic mass is 16.2. The fraction of sp³-hybridized carbons (Fsp3) is 0.529. The zero-order valence-corrected chi connectivity index (χ0v) is 14.6. The maximum absolute atomic E-state index is 12.5. The van der Waals surface area contributed by atoms with Crippen molar-refractivity contribution in [3.8, 4) is 0 Å². The monoisotopic (exact) mass is 346 g/mol. The molecule has 0 aliphatic carbocycles. The van der Waals surface area contributed by atoms with Crippen LogP contribution in [0.25, 0.3) is 0 Å². The molecular weight excluding hydrogens is 324 g/mol. The van der Waals surface area contributed by atoms with Gasteiger partial charge in [-0.15, -0.1) is 0 Å². The van der Waals surface area contributed by atoms with Gasteiger partial charge in [0.2, 0.25) is 11.8 Å². The number of hydrogen-bond donors (Lipinski definition) is 1. The van der Waals surface area contributed by atoms with Crippen LogP contribution in [0.3, 0.4) is 0 Å². The third-order valence-corrected chi connectivity index (χ3v) is 4.94. The fourth-order valence-corrected chi connectivity index (χ4v) is 3.58. The summed E-state index contributed by atoms with van der Waals surface area (Å²) in [7, 11) is 1.60. The molecular formula is C17H22N4O4. The molecule has 0 spiro atoms. The van der Waals surface area contributed by atoms with Gasteiger partial charge in [0.05, 0.1) is 6.54 Å². The molecule has 0 saturated carbocycles. The summed E-state index contributed by atoms with van der Waals surface area (Å²) in [6, 6.07) is 2.39. The molecule has 25 heavy (non-hydrogen) atoms. The number of aryl methyl sites for hydroxylation is 1. The minimum absolute atomic E-state index is 0.0647. The van der Waals surface area contributed by atoms with Gasteiger partial charge in [0.1, 0.15) is 11.6 Å². The van der Waals surface area contributed by atoms with Gasteiger partial charge < -0.3 is 19.7 Å². The molecule has 2 aliphatic rings. The van der Waals surface area contributed by atoms with E-state index in [2.05, 4.69) is 5.32 Å². The van der Waals surface area contributed by atoms with E-state index in [0.29, 0.717) is 19.5 Å². The first-order valence-corrected chi connectivity index (χ1v) is 8.39. The topological polar surface area (TPSA) is 91.7 Å². The molecule has 8 nitrogen and oxygen atoms in total. The largest absolute Gasteiger partial charge is 0.347 e. The molecule has 0 unspecified atom stereocenters. The Hall–Kier alpha value is -2.64. The molecule has 1 N–H and O–H groups in total. The van der Waals surface area contributed by atoms with Gasteiger partial charge in [0, 0.05) is 31.9 Å². The summed E-state index contributed by atoms with van der Waals surface area (Å²) in [6.45, 7) is 4.51. The first-order valence-electron chi connectivity index (χ1n) is 8.39. The highest BCUT2D eigenvalue weighted by molar-refractivity contribution is 5.96. The van der Waals surface area contributed by atoms with Gasteiger partial charge in [-0.25, -0.2) is 0 Å². The minimum Gasteiger partial charge on any atom is -0.347 e. The van der Waals surface area contributed by atoms with Crippen LogP contribution in [0.15, 0.2) is 16.9 Å². The molecule has 0 aromatic carbocycles. The number of nitrogens with zero attached hydrogens (tertiary/aromatic N) is 3. The normalized spacial score (nSPS) is 23.0. The molecule has 2 fully saturated rings. The van der Waals surface area contributed by atoms with E-state index in [9.17, 15) is 19.2 Å². The van der Waals surface area contributed by atoms with Gasteiger partial charge in [-0.1, -0.05) is 0 Å². The molecule has 134 valence electrons. The number of pyridine rings is 1. The summed E-state index contributed by atoms with van der Waals surface area (Å²) in [5.41, 5.74) is 0.538. The Labute approximate surface area is 145 Å². The summed E-state index contributed by atoms with van der Waals surface area (Å²) in [5, 5.41) is 2.80. The van der Waals surface area contributed by atoms with Crippen molar-refractivity contribution >= 4 is 17.7 Å². The molecule has 3 heterocycles. The lowest BCUT2D eigenvalue weighted by molar-refractivity contribution is -0.152. The van der Waals surface area contributed by atoms with E-state index in [1.807, 2.05) is 13.8 Å². The Morgan fingerprint density at radius 2 is 2.00 bits per heavy atom. The average molecular weight is 346 g/mol. The number of carbonyl (C=O) groups is 3. The van der Waals surface area contributed by atoms with Crippen molar-refractivity contribution in [2.75, 3.05) is 20.1 Å². The summed E-state index contributed by atoms with van der Waals surface area (Å²) in [6.07, 6.45) is 0.370. The smallest absolute Gasteiger partial charge is 0.263 e. The van der Waals surface area contributed by atoms with Gasteiger partial charge in [-0.2, -0.15) is 0 Å². The maximum Gasteiger partial charge on any atom is 0.263 e. The lowest BCUT2D eigenvalue weighted by atomic mass is 10.1. The highest BCUT2D eigenvalue weighted by Gasteiger charge is 2.45. The number of carbonyl (C=O) groups excluding carboxylic acids is 3. The molecule has 2 aliphatic heterocycles. The van der Waals surface area contributed by atoms with Crippen molar-refractivity contribution in [3.63, 3.8) is 0 Å². The predicted molar refractivity (Wildman–Crippen MR) is 90.1 cm³/mol. The minimum atomic E-state index is -0.526. The highest BCUT2D eigenvalue weighted by Crippen LogP contribution is 2.23. The average Bonchev–Trinajstić information content (AvgIpc) is 2.97. The Balaban J connectivity index is 1.76. The van der Waals surface area contributed by atoms with Crippen molar-refractivity contribution in [1.29, 1.82) is 0 Å². The Morgan fingerprint density at radius 1 is 1.28 bits per heavy atom. The summed E-state index contributed by atoms with van der Waals surface area (Å²) >= 11 is 0. The van der Waals surface area contributed by atoms with E-state index >= 15 is 0 Å². The molecule has 3 amide bonds. The van der Waals surface area contributed by atoms with Crippen LogP contribution < -0.4 is 10.9 Å². The third kappa shape index (κ3) is 2.92. The van der Waals surface area contributed by atoms with Gasteiger partial charge in [-0.3, -0.25) is 19.2 Å². The third-order valence-electron chi connectivity index (χ3n) is 4.94. The predicted octanol–water partition coefficient (Wildman–Crippen LogP) is -0.652. The first-order chi connectivity index (χ1) is 11.8. The number of nitrogens with one attached hydrogen (secondary N) is 1. The van der Waals surface area contributed by atoms with Crippen molar-refractivity contribution in [2.24, 2.45) is 0 Å². The zero-order valence-electron chi connectivity index (χ0n) is 14.6. The van der Waals surface area contributed by atoms with E-state index in [4.69, 9.17) is 0 Å². The number of piperazine rings is 1. The van der Waals surface area contributed by atoms with Crippen molar-refractivity contribution < 1.29 is 14.4 Å². The first kappa shape index (κ1) is 17.2. The van der Waals surface area contributed by atoms with Crippen LogP contribution in [0.1, 0.15) is 29.4 Å². The second-order valence-electron chi connectivity index (χ2n) is 6.60. The van der Waals surface area contributed by atoms with E-state index in [-0.39, 0.29) is 35.5 Å². The summed E-state index contributed by atoms with van der Waals surface area (Å²) in [4.78, 5) is 52.1. The molecule has 0 bridgehead atoms.